The molecule has 5 heteroatoms. The Labute approximate surface area is 63.4 Å². The second-order valence-electron chi connectivity index (χ2n) is 0.871. The van der Waals surface area contributed by atoms with Gasteiger partial charge in [0, 0.05) is 27.7 Å². The zero-order valence-corrected chi connectivity index (χ0v) is 10.4. The molecule has 0 rings (SSSR count). The Morgan fingerprint density at radius 3 is 1.71 bits per heavy atom. The van der Waals surface area contributed by atoms with Crippen molar-refractivity contribution in [3.8, 4) is 0 Å². The van der Waals surface area contributed by atoms with E-state index in [4.69, 9.17) is 4.55 Å². The summed E-state index contributed by atoms with van der Waals surface area (Å²) in [5.74, 6) is -0.201. The van der Waals surface area contributed by atoms with Crippen LogP contribution in [0.1, 0.15) is 6.92 Å². The first-order valence-corrected chi connectivity index (χ1v) is 3.12. The Balaban J connectivity index is 0. The molecule has 0 bridgehead atoms. The maximum atomic E-state index is 9.56. The van der Waals surface area contributed by atoms with Crippen LogP contribution in [0.25, 0.3) is 0 Å². The third-order valence-corrected chi connectivity index (χ3v) is 1.09. The van der Waals surface area contributed by atoms with E-state index in [-0.39, 0.29) is 33.4 Å². The Hall–Kier alpha value is 0.845. The maximum absolute atomic E-state index is 9.56. The van der Waals surface area contributed by atoms with E-state index in [0.29, 0.717) is 0 Å². The summed E-state index contributed by atoms with van der Waals surface area (Å²) in [7, 11) is -3.66. The van der Waals surface area contributed by atoms with E-state index in [0.717, 1.165) is 0 Å². The van der Waals surface area contributed by atoms with Gasteiger partial charge in [0.05, 0.1) is 5.75 Å². The molecular weight excluding hydrogens is 305 g/mol. The standard InChI is InChI=1S/C2H6O3S.Hg/c1-2-6(3,4)5;/h2H2,1H3,(H,3,4,5);. The van der Waals surface area contributed by atoms with Gasteiger partial charge in [-0.2, -0.15) is 8.42 Å². The van der Waals surface area contributed by atoms with Crippen molar-refractivity contribution in [3.63, 3.8) is 0 Å². The molecule has 0 fully saturated rings. The average molecular weight is 311 g/mol. The molecule has 0 spiro atoms. The van der Waals surface area contributed by atoms with Gasteiger partial charge in [0.1, 0.15) is 0 Å². The second-order valence-corrected chi connectivity index (χ2v) is 2.61. The van der Waals surface area contributed by atoms with Crippen LogP contribution in [-0.2, 0) is 37.8 Å². The number of rotatable bonds is 1. The van der Waals surface area contributed by atoms with Gasteiger partial charge in [0.15, 0.2) is 0 Å². The number of hydrogen-bond acceptors (Lipinski definition) is 2. The molecule has 0 radical (unpaired) electrons. The van der Waals surface area contributed by atoms with Gasteiger partial charge in [-0.05, 0) is 6.92 Å². The third-order valence-electron chi connectivity index (χ3n) is 0.365. The van der Waals surface area contributed by atoms with Gasteiger partial charge in [-0.25, -0.2) is 0 Å². The quantitative estimate of drug-likeness (QED) is 0.543. The molecule has 0 aliphatic carbocycles. The predicted molar refractivity (Wildman–Crippen MR) is 22.1 cm³/mol. The van der Waals surface area contributed by atoms with Crippen LogP contribution in [0.3, 0.4) is 0 Å². The fraction of sp³-hybridized carbons (Fsp3) is 1.00. The molecule has 0 aliphatic heterocycles. The van der Waals surface area contributed by atoms with Gasteiger partial charge in [0.25, 0.3) is 10.1 Å². The van der Waals surface area contributed by atoms with Crippen molar-refractivity contribution >= 4 is 10.1 Å². The minimum absolute atomic E-state index is 0. The Bertz CT molecular complexity index is 115. The van der Waals surface area contributed by atoms with E-state index in [1.54, 1.807) is 0 Å². The van der Waals surface area contributed by atoms with Crippen molar-refractivity contribution in [1.29, 1.82) is 0 Å². The molecule has 0 aliphatic rings. The fourth-order valence-corrected chi connectivity index (χ4v) is 0. The first kappa shape index (κ1) is 10.8. The SMILES string of the molecule is CCS(=O)(=O)O.[Hg]. The molecule has 40 valence electrons. The van der Waals surface area contributed by atoms with Crippen LogP contribution in [0.5, 0.6) is 0 Å². The molecule has 3 nitrogen and oxygen atoms in total. The van der Waals surface area contributed by atoms with Crippen molar-refractivity contribution in [3.05, 3.63) is 0 Å². The summed E-state index contributed by atoms with van der Waals surface area (Å²) >= 11 is 0. The van der Waals surface area contributed by atoms with Crippen LogP contribution in [0, 0.1) is 0 Å². The Morgan fingerprint density at radius 1 is 1.57 bits per heavy atom. The normalized spacial score (nSPS) is 10.0. The molecule has 7 heavy (non-hydrogen) atoms. The molecular formula is C2H6HgO3S. The molecule has 0 saturated heterocycles. The van der Waals surface area contributed by atoms with Gasteiger partial charge in [-0.1, -0.05) is 0 Å². The van der Waals surface area contributed by atoms with Crippen molar-refractivity contribution in [1.82, 2.24) is 0 Å². The van der Waals surface area contributed by atoms with Crippen LogP contribution >= 0.6 is 0 Å². The monoisotopic (exact) mass is 312 g/mol. The van der Waals surface area contributed by atoms with Crippen LogP contribution in [0.2, 0.25) is 0 Å². The summed E-state index contributed by atoms with van der Waals surface area (Å²) in [5, 5.41) is 0. The van der Waals surface area contributed by atoms with Crippen LogP contribution in [0.4, 0.5) is 0 Å². The first-order valence-electron chi connectivity index (χ1n) is 1.51. The summed E-state index contributed by atoms with van der Waals surface area (Å²) in [5.41, 5.74) is 0. The topological polar surface area (TPSA) is 54.4 Å². The Morgan fingerprint density at radius 2 is 1.71 bits per heavy atom. The molecule has 0 aromatic rings. The van der Waals surface area contributed by atoms with Crippen molar-refractivity contribution < 1.29 is 40.6 Å². The third kappa shape index (κ3) is 10.9. The summed E-state index contributed by atoms with van der Waals surface area (Å²) < 4.78 is 26.9. The molecule has 0 saturated carbocycles. The van der Waals surface area contributed by atoms with E-state index in [1.807, 2.05) is 0 Å². The van der Waals surface area contributed by atoms with Crippen molar-refractivity contribution in [2.45, 2.75) is 6.92 Å². The molecule has 0 aromatic heterocycles. The van der Waals surface area contributed by atoms with Gasteiger partial charge in [0.2, 0.25) is 0 Å². The predicted octanol–water partition coefficient (Wildman–Crippen LogP) is -0.108. The summed E-state index contributed by atoms with van der Waals surface area (Å²) in [6, 6.07) is 0. The first-order chi connectivity index (χ1) is 2.56. The van der Waals surface area contributed by atoms with Crippen molar-refractivity contribution in [2.24, 2.45) is 0 Å². The van der Waals surface area contributed by atoms with Gasteiger partial charge >= 0.3 is 0 Å². The second kappa shape index (κ2) is 3.80. The van der Waals surface area contributed by atoms with Crippen molar-refractivity contribution in [2.75, 3.05) is 5.75 Å². The average Bonchev–Trinajstić information content (AvgIpc) is 1.35. The fourth-order valence-electron chi connectivity index (χ4n) is 0. The summed E-state index contributed by atoms with van der Waals surface area (Å²) in [4.78, 5) is 0. The van der Waals surface area contributed by atoms with E-state index < -0.39 is 10.1 Å². The minimum Gasteiger partial charge on any atom is -0.286 e. The number of hydrogen-bond donors (Lipinski definition) is 1. The van der Waals surface area contributed by atoms with Gasteiger partial charge < -0.3 is 0 Å². The summed E-state index contributed by atoms with van der Waals surface area (Å²) in [6.07, 6.45) is 0. The molecule has 0 heterocycles. The van der Waals surface area contributed by atoms with Crippen LogP contribution in [-0.4, -0.2) is 18.7 Å². The minimum atomic E-state index is -3.66. The largest absolute Gasteiger partial charge is 0.286 e. The van der Waals surface area contributed by atoms with E-state index in [2.05, 4.69) is 0 Å². The molecule has 0 amide bonds. The smallest absolute Gasteiger partial charge is 0.264 e. The zero-order chi connectivity index (χ0) is 5.21. The van der Waals surface area contributed by atoms with E-state index in [9.17, 15) is 8.42 Å². The van der Waals surface area contributed by atoms with Gasteiger partial charge in [-0.15, -0.1) is 0 Å². The molecule has 0 unspecified atom stereocenters. The summed E-state index contributed by atoms with van der Waals surface area (Å²) in [6.45, 7) is 1.37. The molecule has 0 aromatic carbocycles. The zero-order valence-electron chi connectivity index (χ0n) is 4.09. The molecule has 0 atom stereocenters. The van der Waals surface area contributed by atoms with Crippen LogP contribution in [0.15, 0.2) is 0 Å². The van der Waals surface area contributed by atoms with Crippen LogP contribution < -0.4 is 0 Å². The van der Waals surface area contributed by atoms with Gasteiger partial charge in [-0.3, -0.25) is 4.55 Å². The maximum Gasteiger partial charge on any atom is 0.264 e. The molecule has 1 N–H and O–H groups in total. The Kier molecular flexibility index (Phi) is 5.84. The van der Waals surface area contributed by atoms with E-state index in [1.165, 1.54) is 6.92 Å². The van der Waals surface area contributed by atoms with E-state index >= 15 is 0 Å².